The van der Waals surface area contributed by atoms with Crippen LogP contribution in [0.1, 0.15) is 15.9 Å². The van der Waals surface area contributed by atoms with Crippen LogP contribution in [0.2, 0.25) is 0 Å². The number of anilines is 3. The fourth-order valence-electron chi connectivity index (χ4n) is 4.47. The monoisotopic (exact) mass is 554 g/mol. The number of benzene rings is 3. The number of hydrogen-bond donors (Lipinski definition) is 2. The van der Waals surface area contributed by atoms with E-state index in [4.69, 9.17) is 4.74 Å². The zero-order valence-electron chi connectivity index (χ0n) is 21.3. The first-order valence-corrected chi connectivity index (χ1v) is 13.8. The number of carboxylic acid groups (broad SMARTS) is 1. The Hall–Kier alpha value is -5.34. The number of aromatic carboxylic acids is 1. The van der Waals surface area contributed by atoms with Crippen LogP contribution in [0.4, 0.5) is 17.1 Å². The molecule has 3 aromatic carbocycles. The maximum atomic E-state index is 13.6. The molecule has 0 spiro atoms. The smallest absolute Gasteiger partial charge is 0.335 e. The lowest BCUT2D eigenvalue weighted by Gasteiger charge is -2.21. The summed E-state index contributed by atoms with van der Waals surface area (Å²) in [6.45, 7) is 0. The Labute approximate surface area is 230 Å². The van der Waals surface area contributed by atoms with Crippen molar-refractivity contribution in [2.24, 2.45) is 0 Å². The van der Waals surface area contributed by atoms with Crippen LogP contribution < -0.4 is 19.3 Å². The third-order valence-electron chi connectivity index (χ3n) is 6.26. The van der Waals surface area contributed by atoms with E-state index in [1.165, 1.54) is 29.2 Å². The molecule has 0 bridgehead atoms. The maximum Gasteiger partial charge on any atom is 0.335 e. The quantitative estimate of drug-likeness (QED) is 0.459. The van der Waals surface area contributed by atoms with Gasteiger partial charge in [-0.1, -0.05) is 30.3 Å². The SMILES string of the molecule is CN1/C(=C/C=C2/C(c3ccccc3)=C(C#N)C(=O)N2c2ccc(NS(C)(=O)=O)cc2)Oc2ccc(C(=O)O)cc21. The molecule has 0 aliphatic carbocycles. The van der Waals surface area contributed by atoms with Crippen molar-refractivity contribution >= 4 is 44.5 Å². The lowest BCUT2D eigenvalue weighted by atomic mass is 10.00. The van der Waals surface area contributed by atoms with Crippen molar-refractivity contribution in [2.75, 3.05) is 27.8 Å². The van der Waals surface area contributed by atoms with Gasteiger partial charge in [-0.25, -0.2) is 13.2 Å². The predicted octanol–water partition coefficient (Wildman–Crippen LogP) is 4.33. The van der Waals surface area contributed by atoms with Crippen LogP contribution >= 0.6 is 0 Å². The topological polar surface area (TPSA) is 140 Å². The van der Waals surface area contributed by atoms with E-state index >= 15 is 0 Å². The fraction of sp³-hybridized carbons (Fsp3) is 0.0690. The van der Waals surface area contributed by atoms with E-state index < -0.39 is 21.9 Å². The Bertz CT molecular complexity index is 1790. The molecular formula is C29H22N4O6S. The van der Waals surface area contributed by atoms with Gasteiger partial charge >= 0.3 is 5.97 Å². The Morgan fingerprint density at radius 3 is 2.38 bits per heavy atom. The van der Waals surface area contributed by atoms with E-state index in [1.54, 1.807) is 66.6 Å². The summed E-state index contributed by atoms with van der Waals surface area (Å²) in [5.41, 5.74) is 2.86. The van der Waals surface area contributed by atoms with E-state index in [0.29, 0.717) is 45.5 Å². The number of carbonyl (C=O) groups is 2. The van der Waals surface area contributed by atoms with E-state index in [9.17, 15) is 28.4 Å². The summed E-state index contributed by atoms with van der Waals surface area (Å²) >= 11 is 0. The molecule has 0 aromatic heterocycles. The van der Waals surface area contributed by atoms with Gasteiger partial charge < -0.3 is 14.7 Å². The summed E-state index contributed by atoms with van der Waals surface area (Å²) in [5, 5.41) is 19.3. The van der Waals surface area contributed by atoms with Gasteiger partial charge in [-0.3, -0.25) is 14.4 Å². The Morgan fingerprint density at radius 2 is 1.75 bits per heavy atom. The first-order valence-electron chi connectivity index (χ1n) is 11.9. The van der Waals surface area contributed by atoms with Gasteiger partial charge in [0.15, 0.2) is 11.6 Å². The molecule has 0 atom stereocenters. The number of carboxylic acids is 1. The second-order valence-electron chi connectivity index (χ2n) is 9.00. The molecule has 200 valence electrons. The molecule has 3 aromatic rings. The van der Waals surface area contributed by atoms with Crippen LogP contribution in [0, 0.1) is 11.3 Å². The molecule has 2 aliphatic rings. The largest absolute Gasteiger partial charge is 0.478 e. The van der Waals surface area contributed by atoms with E-state index in [0.717, 1.165) is 6.26 Å². The highest BCUT2D eigenvalue weighted by atomic mass is 32.2. The number of nitrogens with zero attached hydrogens (tertiary/aromatic N) is 3. The lowest BCUT2D eigenvalue weighted by molar-refractivity contribution is -0.113. The van der Waals surface area contributed by atoms with Crippen molar-refractivity contribution in [2.45, 2.75) is 0 Å². The highest BCUT2D eigenvalue weighted by molar-refractivity contribution is 7.92. The molecule has 0 unspecified atom stereocenters. The Kier molecular flexibility index (Phi) is 6.63. The van der Waals surface area contributed by atoms with Gasteiger partial charge in [-0.05, 0) is 54.1 Å². The summed E-state index contributed by atoms with van der Waals surface area (Å²) in [6.07, 6.45) is 4.33. The van der Waals surface area contributed by atoms with Gasteiger partial charge in [0.25, 0.3) is 5.91 Å². The highest BCUT2D eigenvalue weighted by Crippen LogP contribution is 2.42. The maximum absolute atomic E-state index is 13.6. The van der Waals surface area contributed by atoms with Crippen LogP contribution in [0.5, 0.6) is 5.75 Å². The number of amides is 1. The predicted molar refractivity (Wildman–Crippen MR) is 150 cm³/mol. The van der Waals surface area contributed by atoms with Gasteiger partial charge in [-0.2, -0.15) is 5.26 Å². The molecule has 5 rings (SSSR count). The van der Waals surface area contributed by atoms with Gasteiger partial charge in [0, 0.05) is 30.1 Å². The molecule has 2 heterocycles. The fourth-order valence-corrected chi connectivity index (χ4v) is 5.03. The van der Waals surface area contributed by atoms with E-state index in [-0.39, 0.29) is 11.1 Å². The zero-order valence-corrected chi connectivity index (χ0v) is 22.1. The third-order valence-corrected chi connectivity index (χ3v) is 6.87. The van der Waals surface area contributed by atoms with Crippen LogP contribution in [-0.2, 0) is 14.8 Å². The molecule has 0 saturated carbocycles. The molecule has 11 heteroatoms. The van der Waals surface area contributed by atoms with Crippen molar-refractivity contribution in [1.29, 1.82) is 5.26 Å². The average Bonchev–Trinajstić information content (AvgIpc) is 3.39. The minimum atomic E-state index is -3.49. The molecule has 2 aliphatic heterocycles. The summed E-state index contributed by atoms with van der Waals surface area (Å²) in [6, 6.07) is 21.8. The number of allylic oxidation sites excluding steroid dienone is 3. The molecule has 0 radical (unpaired) electrons. The normalized spacial score (nSPS) is 16.8. The van der Waals surface area contributed by atoms with Crippen molar-refractivity contribution in [3.05, 3.63) is 113 Å². The highest BCUT2D eigenvalue weighted by Gasteiger charge is 2.37. The van der Waals surface area contributed by atoms with Crippen molar-refractivity contribution in [1.82, 2.24) is 0 Å². The zero-order chi connectivity index (χ0) is 28.6. The number of rotatable bonds is 6. The lowest BCUT2D eigenvalue weighted by Crippen LogP contribution is -2.25. The molecule has 10 nitrogen and oxygen atoms in total. The summed E-state index contributed by atoms with van der Waals surface area (Å²) in [5.74, 6) is -0.745. The van der Waals surface area contributed by atoms with Crippen LogP contribution in [-0.4, -0.2) is 38.7 Å². The molecule has 1 amide bonds. The van der Waals surface area contributed by atoms with Crippen molar-refractivity contribution < 1.29 is 27.9 Å². The Balaban J connectivity index is 1.60. The van der Waals surface area contributed by atoms with E-state index in [2.05, 4.69) is 4.72 Å². The van der Waals surface area contributed by atoms with Crippen LogP contribution in [0.15, 0.2) is 102 Å². The number of hydrogen-bond acceptors (Lipinski definition) is 7. The minimum absolute atomic E-state index is 0.0516. The molecule has 0 saturated heterocycles. The summed E-state index contributed by atoms with van der Waals surface area (Å²) in [4.78, 5) is 28.0. The van der Waals surface area contributed by atoms with Gasteiger partial charge in [0.2, 0.25) is 10.0 Å². The second kappa shape index (κ2) is 10.1. The number of nitriles is 1. The third kappa shape index (κ3) is 4.91. The van der Waals surface area contributed by atoms with Gasteiger partial charge in [0.1, 0.15) is 11.6 Å². The Morgan fingerprint density at radius 1 is 1.05 bits per heavy atom. The average molecular weight is 555 g/mol. The van der Waals surface area contributed by atoms with Crippen molar-refractivity contribution in [3.8, 4) is 11.8 Å². The number of sulfonamides is 1. The molecule has 0 fully saturated rings. The molecular weight excluding hydrogens is 532 g/mol. The standard InChI is InChI=1S/C29H22N4O6S/c1-32-24-16-19(29(35)36)8-14-25(24)39-26(32)15-13-23-27(18-6-4-3-5-7-18)22(17-30)28(34)33(23)21-11-9-20(10-12-21)31-40(2,37)38/h3-16,31H,1-2H3,(H,35,36)/b23-13-,26-15-. The number of fused-ring (bicyclic) bond motifs is 1. The molecule has 40 heavy (non-hydrogen) atoms. The minimum Gasteiger partial charge on any atom is -0.478 e. The van der Waals surface area contributed by atoms with E-state index in [1.807, 2.05) is 12.1 Å². The van der Waals surface area contributed by atoms with Gasteiger partial charge in [-0.15, -0.1) is 0 Å². The number of nitrogens with one attached hydrogen (secondary N) is 1. The first-order chi connectivity index (χ1) is 19.1. The van der Waals surface area contributed by atoms with Crippen LogP contribution in [0.3, 0.4) is 0 Å². The number of carbonyl (C=O) groups excluding carboxylic acids is 1. The number of ether oxygens (including phenoxy) is 1. The summed E-state index contributed by atoms with van der Waals surface area (Å²) < 4.78 is 31.6. The van der Waals surface area contributed by atoms with Gasteiger partial charge in [0.05, 0.1) is 23.2 Å². The second-order valence-corrected chi connectivity index (χ2v) is 10.7. The molecule has 2 N–H and O–H groups in total. The first kappa shape index (κ1) is 26.3. The van der Waals surface area contributed by atoms with Crippen LogP contribution in [0.25, 0.3) is 5.57 Å². The summed E-state index contributed by atoms with van der Waals surface area (Å²) in [7, 11) is -1.77. The van der Waals surface area contributed by atoms with Crippen molar-refractivity contribution in [3.63, 3.8) is 0 Å².